The molecule has 4 rings (SSSR count). The summed E-state index contributed by atoms with van der Waals surface area (Å²) in [4.78, 5) is 27.7. The van der Waals surface area contributed by atoms with Gasteiger partial charge in [-0.3, -0.25) is 9.59 Å². The first-order chi connectivity index (χ1) is 15.5. The lowest BCUT2D eigenvalue weighted by atomic mass is 10.0. The Labute approximate surface area is 198 Å². The van der Waals surface area contributed by atoms with E-state index in [-0.39, 0.29) is 34.8 Å². The lowest BCUT2D eigenvalue weighted by Crippen LogP contribution is -2.40. The molecule has 2 heterocycles. The Hall–Kier alpha value is -2.64. The van der Waals surface area contributed by atoms with Crippen LogP contribution >= 0.6 is 11.6 Å². The van der Waals surface area contributed by atoms with E-state index >= 15 is 0 Å². The monoisotopic (exact) mass is 487 g/mol. The number of fused-ring (bicyclic) bond motifs is 1. The van der Waals surface area contributed by atoms with E-state index in [1.165, 1.54) is 16.5 Å². The van der Waals surface area contributed by atoms with Crippen LogP contribution in [0.1, 0.15) is 53.4 Å². The molecule has 8 heteroatoms. The molecular weight excluding hydrogens is 462 g/mol. The molecule has 1 amide bonds. The Balaban J connectivity index is 1.72. The molecule has 33 heavy (non-hydrogen) atoms. The van der Waals surface area contributed by atoms with E-state index in [0.29, 0.717) is 22.7 Å². The van der Waals surface area contributed by atoms with Gasteiger partial charge in [0.25, 0.3) is 5.91 Å². The van der Waals surface area contributed by atoms with Crippen molar-refractivity contribution >= 4 is 38.3 Å². The van der Waals surface area contributed by atoms with Crippen molar-refractivity contribution < 1.29 is 17.6 Å². The van der Waals surface area contributed by atoms with Crippen molar-refractivity contribution in [2.24, 2.45) is 0 Å². The summed E-state index contributed by atoms with van der Waals surface area (Å²) >= 11 is 6.13. The highest BCUT2D eigenvalue weighted by Gasteiger charge is 2.36. The van der Waals surface area contributed by atoms with E-state index in [9.17, 15) is 18.0 Å². The largest absolute Gasteiger partial charge is 0.451 e. The van der Waals surface area contributed by atoms with Crippen molar-refractivity contribution in [1.82, 2.24) is 4.90 Å². The van der Waals surface area contributed by atoms with Gasteiger partial charge in [-0.15, -0.1) is 0 Å². The van der Waals surface area contributed by atoms with E-state index < -0.39 is 21.8 Å². The van der Waals surface area contributed by atoms with Crippen molar-refractivity contribution in [3.05, 3.63) is 80.2 Å². The van der Waals surface area contributed by atoms with Crippen LogP contribution in [0.4, 0.5) is 0 Å². The highest BCUT2D eigenvalue weighted by Crippen LogP contribution is 2.26. The number of rotatable bonds is 5. The van der Waals surface area contributed by atoms with Crippen molar-refractivity contribution in [2.45, 2.75) is 45.7 Å². The Morgan fingerprint density at radius 2 is 1.88 bits per heavy atom. The minimum atomic E-state index is -3.22. The summed E-state index contributed by atoms with van der Waals surface area (Å²) in [6.45, 7) is 6.21. The first-order valence-electron chi connectivity index (χ1n) is 10.9. The molecule has 1 aliphatic rings. The quantitative estimate of drug-likeness (QED) is 0.520. The second-order valence-electron chi connectivity index (χ2n) is 8.96. The number of benzene rings is 2. The Morgan fingerprint density at radius 3 is 2.48 bits per heavy atom. The van der Waals surface area contributed by atoms with Gasteiger partial charge in [-0.1, -0.05) is 49.7 Å². The number of amides is 1. The Morgan fingerprint density at radius 1 is 1.18 bits per heavy atom. The van der Waals surface area contributed by atoms with Crippen LogP contribution in [0.25, 0.3) is 11.0 Å². The van der Waals surface area contributed by atoms with Gasteiger partial charge in [0, 0.05) is 23.7 Å². The van der Waals surface area contributed by atoms with Gasteiger partial charge in [-0.2, -0.15) is 0 Å². The van der Waals surface area contributed by atoms with Gasteiger partial charge in [0.2, 0.25) is 0 Å². The fraction of sp³-hybridized carbons (Fsp3) is 0.360. The standard InChI is InChI=1S/C25H26ClNO5S/c1-15(2)18-6-4-17(5-7-18)13-27(19-8-9-33(30,31)14-19)25(29)24-12-22(28)20-11-21(26)16(3)10-23(20)32-24/h4-7,10-12,15,19H,8-9,13-14H2,1-3H3/t19-/m1/s1. The third-order valence-electron chi connectivity index (χ3n) is 6.13. The van der Waals surface area contributed by atoms with Crippen LogP contribution in [0.3, 0.4) is 0 Å². The molecule has 0 N–H and O–H groups in total. The Kier molecular flexibility index (Phi) is 6.38. The molecule has 0 spiro atoms. The maximum absolute atomic E-state index is 13.5. The van der Waals surface area contributed by atoms with Crippen molar-refractivity contribution in [3.8, 4) is 0 Å². The number of nitrogens with zero attached hydrogens (tertiary/aromatic N) is 1. The van der Waals surface area contributed by atoms with E-state index in [1.54, 1.807) is 13.0 Å². The number of hydrogen-bond donors (Lipinski definition) is 0. The zero-order chi connectivity index (χ0) is 23.9. The van der Waals surface area contributed by atoms with Gasteiger partial charge in [0.1, 0.15) is 5.58 Å². The number of sulfone groups is 1. The summed E-state index contributed by atoms with van der Waals surface area (Å²) in [6.07, 6.45) is 0.352. The molecule has 1 atom stereocenters. The van der Waals surface area contributed by atoms with Crippen LogP contribution < -0.4 is 5.43 Å². The minimum absolute atomic E-state index is 0.0348. The van der Waals surface area contributed by atoms with Crippen LogP contribution in [0, 0.1) is 6.92 Å². The average Bonchev–Trinajstić information content (AvgIpc) is 3.12. The van der Waals surface area contributed by atoms with Gasteiger partial charge in [0.15, 0.2) is 21.0 Å². The fourth-order valence-electron chi connectivity index (χ4n) is 4.12. The van der Waals surface area contributed by atoms with Gasteiger partial charge >= 0.3 is 0 Å². The van der Waals surface area contributed by atoms with Crippen molar-refractivity contribution in [1.29, 1.82) is 0 Å². The molecule has 6 nitrogen and oxygen atoms in total. The predicted molar refractivity (Wildman–Crippen MR) is 130 cm³/mol. The van der Waals surface area contributed by atoms with Gasteiger partial charge in [-0.25, -0.2) is 8.42 Å². The second-order valence-corrected chi connectivity index (χ2v) is 11.6. The number of carbonyl (C=O) groups excluding carboxylic acids is 1. The molecule has 1 fully saturated rings. The molecule has 3 aromatic rings. The normalized spacial score (nSPS) is 17.5. The van der Waals surface area contributed by atoms with Crippen molar-refractivity contribution in [3.63, 3.8) is 0 Å². The summed E-state index contributed by atoms with van der Waals surface area (Å²) in [5.74, 6) is -0.308. The first-order valence-corrected chi connectivity index (χ1v) is 13.1. The zero-order valence-corrected chi connectivity index (χ0v) is 20.4. The molecular formula is C25H26ClNO5S. The third kappa shape index (κ3) is 4.99. The van der Waals surface area contributed by atoms with Crippen LogP contribution in [0.2, 0.25) is 5.02 Å². The number of aryl methyl sites for hydroxylation is 1. The topological polar surface area (TPSA) is 84.7 Å². The molecule has 0 saturated carbocycles. The lowest BCUT2D eigenvalue weighted by Gasteiger charge is -2.28. The molecule has 174 valence electrons. The summed E-state index contributed by atoms with van der Waals surface area (Å²) in [5.41, 5.74) is 2.67. The van der Waals surface area contributed by atoms with E-state index in [4.69, 9.17) is 16.0 Å². The second kappa shape index (κ2) is 8.95. The number of halogens is 1. The number of carbonyl (C=O) groups is 1. The van der Waals surface area contributed by atoms with Crippen LogP contribution in [-0.4, -0.2) is 36.8 Å². The van der Waals surface area contributed by atoms with Crippen molar-refractivity contribution in [2.75, 3.05) is 11.5 Å². The highest BCUT2D eigenvalue weighted by atomic mass is 35.5. The molecule has 1 aromatic heterocycles. The summed E-state index contributed by atoms with van der Waals surface area (Å²) in [7, 11) is -3.22. The molecule has 1 aliphatic heterocycles. The smallest absolute Gasteiger partial charge is 0.290 e. The molecule has 0 aliphatic carbocycles. The van der Waals surface area contributed by atoms with Crippen LogP contribution in [0.15, 0.2) is 51.7 Å². The van der Waals surface area contributed by atoms with E-state index in [2.05, 4.69) is 13.8 Å². The molecule has 1 saturated heterocycles. The first kappa shape index (κ1) is 23.5. The molecule has 0 radical (unpaired) electrons. The van der Waals surface area contributed by atoms with Crippen LogP contribution in [-0.2, 0) is 16.4 Å². The minimum Gasteiger partial charge on any atom is -0.451 e. The molecule has 2 aromatic carbocycles. The Bertz CT molecular complexity index is 1380. The predicted octanol–water partition coefficient (Wildman–Crippen LogP) is 4.71. The maximum Gasteiger partial charge on any atom is 0.290 e. The van der Waals surface area contributed by atoms with E-state index in [1.807, 2.05) is 24.3 Å². The summed E-state index contributed by atoms with van der Waals surface area (Å²) in [5, 5.41) is 0.734. The van der Waals surface area contributed by atoms with E-state index in [0.717, 1.165) is 17.2 Å². The zero-order valence-electron chi connectivity index (χ0n) is 18.8. The highest BCUT2D eigenvalue weighted by molar-refractivity contribution is 7.91. The van der Waals surface area contributed by atoms with Crippen LogP contribution in [0.5, 0.6) is 0 Å². The maximum atomic E-state index is 13.5. The molecule has 0 unspecified atom stereocenters. The van der Waals surface area contributed by atoms with Gasteiger partial charge in [-0.05, 0) is 48.1 Å². The number of hydrogen-bond acceptors (Lipinski definition) is 5. The SMILES string of the molecule is Cc1cc2oc(C(=O)N(Cc3ccc(C(C)C)cc3)[C@@H]3CCS(=O)(=O)C3)cc(=O)c2cc1Cl. The third-order valence-corrected chi connectivity index (χ3v) is 8.29. The summed E-state index contributed by atoms with van der Waals surface area (Å²) < 4.78 is 30.1. The average molecular weight is 488 g/mol. The van der Waals surface area contributed by atoms with Gasteiger partial charge < -0.3 is 9.32 Å². The lowest BCUT2D eigenvalue weighted by molar-refractivity contribution is 0.0648. The van der Waals surface area contributed by atoms with Gasteiger partial charge in [0.05, 0.1) is 16.9 Å². The fourth-order valence-corrected chi connectivity index (χ4v) is 6.01. The molecule has 0 bridgehead atoms. The summed E-state index contributed by atoms with van der Waals surface area (Å²) in [6, 6.07) is 11.7.